The molecule has 106 valence electrons. The van der Waals surface area contributed by atoms with Gasteiger partial charge in [-0.3, -0.25) is 4.90 Å². The van der Waals surface area contributed by atoms with Crippen LogP contribution in [-0.4, -0.2) is 23.1 Å². The molecule has 0 heterocycles. The molecular formula is C17H27NO. The summed E-state index contributed by atoms with van der Waals surface area (Å²) < 4.78 is 0. The van der Waals surface area contributed by atoms with Crippen LogP contribution in [-0.2, 0) is 0 Å². The van der Waals surface area contributed by atoms with Gasteiger partial charge in [0.05, 0.1) is 0 Å². The van der Waals surface area contributed by atoms with E-state index in [1.54, 1.807) is 6.07 Å². The van der Waals surface area contributed by atoms with Gasteiger partial charge in [-0.25, -0.2) is 0 Å². The van der Waals surface area contributed by atoms with Crippen LogP contribution >= 0.6 is 0 Å². The third kappa shape index (κ3) is 3.30. The molecule has 0 bridgehead atoms. The molecule has 0 radical (unpaired) electrons. The molecule has 3 unspecified atom stereocenters. The Bertz CT molecular complexity index is 404. The van der Waals surface area contributed by atoms with Crippen molar-refractivity contribution in [2.24, 2.45) is 5.92 Å². The lowest BCUT2D eigenvalue weighted by Gasteiger charge is -2.39. The summed E-state index contributed by atoms with van der Waals surface area (Å²) in [5.74, 6) is 1.27. The Morgan fingerprint density at radius 2 is 2.05 bits per heavy atom. The highest BCUT2D eigenvalue weighted by Gasteiger charge is 2.28. The monoisotopic (exact) mass is 261 g/mol. The summed E-state index contributed by atoms with van der Waals surface area (Å²) in [6.45, 7) is 4.57. The Morgan fingerprint density at radius 3 is 2.68 bits per heavy atom. The molecule has 1 fully saturated rings. The van der Waals surface area contributed by atoms with Gasteiger partial charge in [0.2, 0.25) is 0 Å². The fourth-order valence-corrected chi connectivity index (χ4v) is 3.52. The first-order chi connectivity index (χ1) is 9.13. The predicted molar refractivity (Wildman–Crippen MR) is 80.3 cm³/mol. The number of aromatic hydroxyl groups is 1. The van der Waals surface area contributed by atoms with E-state index in [2.05, 4.69) is 31.9 Å². The first-order valence-corrected chi connectivity index (χ1v) is 7.63. The largest absolute Gasteiger partial charge is 0.508 e. The minimum atomic E-state index is 0.330. The Kier molecular flexibility index (Phi) is 4.87. The van der Waals surface area contributed by atoms with Gasteiger partial charge in [-0.05, 0) is 38.3 Å². The molecule has 0 saturated heterocycles. The number of nitrogens with zero attached hydrogens (tertiary/aromatic N) is 1. The minimum absolute atomic E-state index is 0.330. The molecule has 1 saturated carbocycles. The third-order valence-electron chi connectivity index (χ3n) is 4.66. The predicted octanol–water partition coefficient (Wildman–Crippen LogP) is 4.35. The number of benzene rings is 1. The molecule has 0 amide bonds. The number of hydrogen-bond donors (Lipinski definition) is 1. The van der Waals surface area contributed by atoms with E-state index in [-0.39, 0.29) is 0 Å². The Labute approximate surface area is 117 Å². The highest BCUT2D eigenvalue weighted by Crippen LogP contribution is 2.35. The van der Waals surface area contributed by atoms with Crippen molar-refractivity contribution in [3.05, 3.63) is 29.8 Å². The van der Waals surface area contributed by atoms with Crippen LogP contribution in [0.3, 0.4) is 0 Å². The van der Waals surface area contributed by atoms with Crippen molar-refractivity contribution in [2.45, 2.75) is 58.0 Å². The quantitative estimate of drug-likeness (QED) is 0.870. The number of hydrogen-bond acceptors (Lipinski definition) is 2. The molecule has 2 nitrogen and oxygen atoms in total. The molecule has 0 aliphatic heterocycles. The number of para-hydroxylation sites is 1. The van der Waals surface area contributed by atoms with Crippen LogP contribution < -0.4 is 0 Å². The molecular weight excluding hydrogens is 234 g/mol. The standard InChI is InChI=1S/C17H27NO/c1-4-16(15-10-5-6-11-17(15)19)18(3)14-9-7-8-13(2)12-14/h5-6,10-11,13-14,16,19H,4,7-9,12H2,1-3H3. The first kappa shape index (κ1) is 14.4. The van der Waals surface area contributed by atoms with Gasteiger partial charge in [-0.15, -0.1) is 0 Å². The Morgan fingerprint density at radius 1 is 1.32 bits per heavy atom. The molecule has 1 aliphatic rings. The number of phenols is 1. The van der Waals surface area contributed by atoms with Crippen LogP contribution in [0.15, 0.2) is 24.3 Å². The molecule has 1 aliphatic carbocycles. The average molecular weight is 261 g/mol. The zero-order chi connectivity index (χ0) is 13.8. The van der Waals surface area contributed by atoms with Crippen molar-refractivity contribution in [3.63, 3.8) is 0 Å². The highest BCUT2D eigenvalue weighted by molar-refractivity contribution is 5.34. The molecule has 1 aromatic rings. The SMILES string of the molecule is CCC(c1ccccc1O)N(C)C1CCCC(C)C1. The maximum Gasteiger partial charge on any atom is 0.120 e. The van der Waals surface area contributed by atoms with Crippen molar-refractivity contribution >= 4 is 0 Å². The smallest absolute Gasteiger partial charge is 0.120 e. The zero-order valence-corrected chi connectivity index (χ0v) is 12.5. The maximum atomic E-state index is 10.1. The summed E-state index contributed by atoms with van der Waals surface area (Å²) in [5, 5.41) is 10.1. The fourth-order valence-electron chi connectivity index (χ4n) is 3.52. The third-order valence-corrected chi connectivity index (χ3v) is 4.66. The van der Waals surface area contributed by atoms with Gasteiger partial charge < -0.3 is 5.11 Å². The first-order valence-electron chi connectivity index (χ1n) is 7.63. The van der Waals surface area contributed by atoms with E-state index in [0.29, 0.717) is 17.8 Å². The lowest BCUT2D eigenvalue weighted by molar-refractivity contribution is 0.114. The van der Waals surface area contributed by atoms with Gasteiger partial charge in [0.15, 0.2) is 0 Å². The second kappa shape index (κ2) is 6.42. The summed E-state index contributed by atoms with van der Waals surface area (Å²) in [7, 11) is 2.23. The average Bonchev–Trinajstić information content (AvgIpc) is 2.41. The summed E-state index contributed by atoms with van der Waals surface area (Å²) in [4.78, 5) is 2.49. The van der Waals surface area contributed by atoms with E-state index in [1.807, 2.05) is 12.1 Å². The maximum absolute atomic E-state index is 10.1. The van der Waals surface area contributed by atoms with Crippen molar-refractivity contribution in [2.75, 3.05) is 7.05 Å². The highest BCUT2D eigenvalue weighted by atomic mass is 16.3. The van der Waals surface area contributed by atoms with Gasteiger partial charge in [-0.1, -0.05) is 44.9 Å². The summed E-state index contributed by atoms with van der Waals surface area (Å²) in [6, 6.07) is 8.77. The van der Waals surface area contributed by atoms with Gasteiger partial charge in [-0.2, -0.15) is 0 Å². The van der Waals surface area contributed by atoms with Crippen molar-refractivity contribution < 1.29 is 5.11 Å². The topological polar surface area (TPSA) is 23.5 Å². The Balaban J connectivity index is 2.15. The fraction of sp³-hybridized carbons (Fsp3) is 0.647. The van der Waals surface area contributed by atoms with Crippen LogP contribution in [0.1, 0.15) is 57.6 Å². The van der Waals surface area contributed by atoms with E-state index in [0.717, 1.165) is 17.9 Å². The van der Waals surface area contributed by atoms with E-state index in [9.17, 15) is 5.11 Å². The summed E-state index contributed by atoms with van der Waals surface area (Å²) in [6.07, 6.45) is 6.34. The van der Waals surface area contributed by atoms with E-state index in [4.69, 9.17) is 0 Å². The lowest BCUT2D eigenvalue weighted by Crippen LogP contribution is -2.38. The van der Waals surface area contributed by atoms with Crippen LogP contribution in [0, 0.1) is 5.92 Å². The molecule has 1 N–H and O–H groups in total. The van der Waals surface area contributed by atoms with Crippen LogP contribution in [0.5, 0.6) is 5.75 Å². The van der Waals surface area contributed by atoms with Crippen molar-refractivity contribution in [1.82, 2.24) is 4.90 Å². The molecule has 2 rings (SSSR count). The molecule has 2 heteroatoms. The van der Waals surface area contributed by atoms with Gasteiger partial charge in [0.1, 0.15) is 5.75 Å². The number of phenolic OH excluding ortho intramolecular Hbond substituents is 1. The summed E-state index contributed by atoms with van der Waals surface area (Å²) in [5.41, 5.74) is 1.07. The second-order valence-corrected chi connectivity index (χ2v) is 6.07. The normalized spacial score (nSPS) is 25.5. The van der Waals surface area contributed by atoms with Crippen molar-refractivity contribution in [3.8, 4) is 5.75 Å². The van der Waals surface area contributed by atoms with Crippen LogP contribution in [0.25, 0.3) is 0 Å². The van der Waals surface area contributed by atoms with Gasteiger partial charge in [0, 0.05) is 17.6 Å². The molecule has 1 aromatic carbocycles. The number of rotatable bonds is 4. The molecule has 3 atom stereocenters. The van der Waals surface area contributed by atoms with Gasteiger partial charge in [0.25, 0.3) is 0 Å². The lowest BCUT2D eigenvalue weighted by atomic mass is 9.85. The molecule has 0 aromatic heterocycles. The zero-order valence-electron chi connectivity index (χ0n) is 12.5. The summed E-state index contributed by atoms with van der Waals surface area (Å²) >= 11 is 0. The molecule has 19 heavy (non-hydrogen) atoms. The molecule has 0 spiro atoms. The minimum Gasteiger partial charge on any atom is -0.508 e. The second-order valence-electron chi connectivity index (χ2n) is 6.07. The van der Waals surface area contributed by atoms with Crippen LogP contribution in [0.4, 0.5) is 0 Å². The van der Waals surface area contributed by atoms with E-state index < -0.39 is 0 Å². The Hall–Kier alpha value is -1.02. The van der Waals surface area contributed by atoms with Crippen molar-refractivity contribution in [1.29, 1.82) is 0 Å². The van der Waals surface area contributed by atoms with Gasteiger partial charge >= 0.3 is 0 Å². The van der Waals surface area contributed by atoms with E-state index in [1.165, 1.54) is 25.7 Å². The van der Waals surface area contributed by atoms with E-state index >= 15 is 0 Å². The van der Waals surface area contributed by atoms with Crippen LogP contribution in [0.2, 0.25) is 0 Å².